The number of phenols is 2. The molecule has 1 aliphatic heterocycles. The predicted molar refractivity (Wildman–Crippen MR) is 97.6 cm³/mol. The van der Waals surface area contributed by atoms with Gasteiger partial charge in [-0.25, -0.2) is 0 Å². The van der Waals surface area contributed by atoms with Gasteiger partial charge in [0.1, 0.15) is 11.5 Å². The zero-order chi connectivity index (χ0) is 18.0. The van der Waals surface area contributed by atoms with E-state index in [1.165, 1.54) is 0 Å². The molecule has 6 heteroatoms. The molecule has 0 saturated carbocycles. The molecular formula is C19H21ClN2O3. The molecule has 0 aliphatic carbocycles. The van der Waals surface area contributed by atoms with E-state index in [-0.39, 0.29) is 33.9 Å². The predicted octanol–water partition coefficient (Wildman–Crippen LogP) is 2.78. The Kier molecular flexibility index (Phi) is 5.16. The molecule has 132 valence electrons. The van der Waals surface area contributed by atoms with Crippen LogP contribution < -0.4 is 10.6 Å². The van der Waals surface area contributed by atoms with Crippen LogP contribution in [0.25, 0.3) is 0 Å². The molecule has 1 atom stereocenters. The topological polar surface area (TPSA) is 81.6 Å². The van der Waals surface area contributed by atoms with Crippen LogP contribution in [0.3, 0.4) is 0 Å². The molecule has 2 aromatic carbocycles. The Morgan fingerprint density at radius 3 is 2.72 bits per heavy atom. The third-order valence-corrected chi connectivity index (χ3v) is 4.94. The van der Waals surface area contributed by atoms with Gasteiger partial charge in [0.25, 0.3) is 5.91 Å². The van der Waals surface area contributed by atoms with E-state index in [2.05, 4.69) is 10.6 Å². The van der Waals surface area contributed by atoms with Crippen molar-refractivity contribution in [3.05, 3.63) is 57.6 Å². The molecule has 0 bridgehead atoms. The number of halogens is 1. The number of nitrogens with one attached hydrogen (secondary N) is 2. The zero-order valence-corrected chi connectivity index (χ0v) is 14.7. The van der Waals surface area contributed by atoms with Gasteiger partial charge in [-0.05, 0) is 54.8 Å². The van der Waals surface area contributed by atoms with E-state index in [9.17, 15) is 15.0 Å². The van der Waals surface area contributed by atoms with Gasteiger partial charge in [-0.1, -0.05) is 23.7 Å². The Labute approximate surface area is 151 Å². The molecule has 1 aliphatic rings. The van der Waals surface area contributed by atoms with Crippen molar-refractivity contribution in [1.29, 1.82) is 0 Å². The minimum Gasteiger partial charge on any atom is -0.508 e. The van der Waals surface area contributed by atoms with Crippen molar-refractivity contribution in [2.75, 3.05) is 19.6 Å². The summed E-state index contributed by atoms with van der Waals surface area (Å²) in [7, 11) is 0. The van der Waals surface area contributed by atoms with Crippen LogP contribution in [0.1, 0.15) is 39.9 Å². The van der Waals surface area contributed by atoms with Crippen molar-refractivity contribution in [2.45, 2.75) is 19.3 Å². The zero-order valence-electron chi connectivity index (χ0n) is 14.0. The number of fused-ring (bicyclic) bond motifs is 1. The van der Waals surface area contributed by atoms with E-state index in [1.807, 2.05) is 19.1 Å². The van der Waals surface area contributed by atoms with Gasteiger partial charge in [0.05, 0.1) is 10.6 Å². The first-order valence-electron chi connectivity index (χ1n) is 8.35. The van der Waals surface area contributed by atoms with Gasteiger partial charge in [0.15, 0.2) is 0 Å². The highest BCUT2D eigenvalue weighted by Gasteiger charge is 2.27. The Bertz CT molecular complexity index is 790. The fourth-order valence-electron chi connectivity index (χ4n) is 3.27. The summed E-state index contributed by atoms with van der Waals surface area (Å²) in [5.41, 5.74) is 2.99. The Balaban J connectivity index is 2.14. The molecule has 0 fully saturated rings. The summed E-state index contributed by atoms with van der Waals surface area (Å²) in [5, 5.41) is 26.3. The summed E-state index contributed by atoms with van der Waals surface area (Å²) in [6.45, 7) is 3.72. The molecule has 0 saturated heterocycles. The molecular weight excluding hydrogens is 340 g/mol. The van der Waals surface area contributed by atoms with Gasteiger partial charge in [-0.2, -0.15) is 0 Å². The van der Waals surface area contributed by atoms with Crippen molar-refractivity contribution in [3.8, 4) is 11.5 Å². The first kappa shape index (κ1) is 17.6. The molecule has 0 spiro atoms. The third-order valence-electron chi connectivity index (χ3n) is 4.53. The van der Waals surface area contributed by atoms with E-state index in [4.69, 9.17) is 11.6 Å². The highest BCUT2D eigenvalue weighted by molar-refractivity contribution is 6.33. The lowest BCUT2D eigenvalue weighted by molar-refractivity contribution is 0.0953. The van der Waals surface area contributed by atoms with Crippen LogP contribution in [-0.2, 0) is 6.42 Å². The summed E-state index contributed by atoms with van der Waals surface area (Å²) >= 11 is 6.41. The lowest BCUT2D eigenvalue weighted by Gasteiger charge is -2.21. The van der Waals surface area contributed by atoms with Gasteiger partial charge < -0.3 is 20.8 Å². The van der Waals surface area contributed by atoms with Crippen LogP contribution in [0.5, 0.6) is 11.5 Å². The molecule has 3 rings (SSSR count). The van der Waals surface area contributed by atoms with Gasteiger partial charge in [-0.3, -0.25) is 4.79 Å². The lowest BCUT2D eigenvalue weighted by Crippen LogP contribution is -2.24. The normalized spacial score (nSPS) is 16.8. The number of rotatable bonds is 3. The van der Waals surface area contributed by atoms with E-state index >= 15 is 0 Å². The minimum atomic E-state index is -0.341. The largest absolute Gasteiger partial charge is 0.508 e. The first-order valence-corrected chi connectivity index (χ1v) is 8.72. The number of carbonyl (C=O) groups is 1. The standard InChI is InChI=1S/C19H21ClN2O3/c1-2-22-19(25)15-9-14-13(17(20)18(15)24)7-8-21-10-16(14)11-3-5-12(23)6-4-11/h3-6,9,16,21,23-24H,2,7-8,10H2,1H3,(H,22,25)/t16-/m1/s1. The fourth-order valence-corrected chi connectivity index (χ4v) is 3.57. The van der Waals surface area contributed by atoms with Gasteiger partial charge >= 0.3 is 0 Å². The van der Waals surface area contributed by atoms with E-state index in [0.29, 0.717) is 19.5 Å². The Morgan fingerprint density at radius 2 is 2.04 bits per heavy atom. The fraction of sp³-hybridized carbons (Fsp3) is 0.316. The van der Waals surface area contributed by atoms with Crippen LogP contribution in [0, 0.1) is 0 Å². The van der Waals surface area contributed by atoms with Gasteiger partial charge in [-0.15, -0.1) is 0 Å². The highest BCUT2D eigenvalue weighted by atomic mass is 35.5. The number of phenolic OH excluding ortho intramolecular Hbond substituents is 2. The van der Waals surface area contributed by atoms with Crippen molar-refractivity contribution in [3.63, 3.8) is 0 Å². The summed E-state index contributed by atoms with van der Waals surface area (Å²) in [6.07, 6.45) is 0.673. The average molecular weight is 361 g/mol. The van der Waals surface area contributed by atoms with Crippen LogP contribution in [0.4, 0.5) is 0 Å². The van der Waals surface area contributed by atoms with Crippen LogP contribution in [0.15, 0.2) is 30.3 Å². The maximum atomic E-state index is 12.3. The number of aromatic hydroxyl groups is 2. The maximum Gasteiger partial charge on any atom is 0.255 e. The number of hydrogen-bond donors (Lipinski definition) is 4. The maximum absolute atomic E-state index is 12.3. The summed E-state index contributed by atoms with van der Waals surface area (Å²) in [4.78, 5) is 12.3. The number of hydrogen-bond acceptors (Lipinski definition) is 4. The number of amides is 1. The number of carbonyl (C=O) groups excluding carboxylic acids is 1. The van der Waals surface area contributed by atoms with Gasteiger partial charge in [0, 0.05) is 19.0 Å². The van der Waals surface area contributed by atoms with E-state index < -0.39 is 0 Å². The molecule has 1 heterocycles. The monoisotopic (exact) mass is 360 g/mol. The summed E-state index contributed by atoms with van der Waals surface area (Å²) in [6, 6.07) is 8.76. The van der Waals surface area contributed by atoms with Crippen LogP contribution >= 0.6 is 11.6 Å². The molecule has 0 unspecified atom stereocenters. The van der Waals surface area contributed by atoms with Crippen molar-refractivity contribution >= 4 is 17.5 Å². The third kappa shape index (κ3) is 3.43. The summed E-state index contributed by atoms with van der Waals surface area (Å²) < 4.78 is 0. The lowest BCUT2D eigenvalue weighted by atomic mass is 9.86. The molecule has 0 aromatic heterocycles. The second-order valence-corrected chi connectivity index (χ2v) is 6.49. The van der Waals surface area contributed by atoms with Crippen molar-refractivity contribution < 1.29 is 15.0 Å². The summed E-state index contributed by atoms with van der Waals surface area (Å²) in [5.74, 6) is -0.328. The number of benzene rings is 2. The molecule has 0 radical (unpaired) electrons. The Morgan fingerprint density at radius 1 is 1.32 bits per heavy atom. The van der Waals surface area contributed by atoms with Crippen molar-refractivity contribution in [1.82, 2.24) is 10.6 Å². The SMILES string of the molecule is CCNC(=O)c1cc2c(c(Cl)c1O)CCNC[C@@H]2c1ccc(O)cc1. The van der Waals surface area contributed by atoms with Crippen LogP contribution in [0.2, 0.25) is 5.02 Å². The second-order valence-electron chi connectivity index (χ2n) is 6.11. The molecule has 5 nitrogen and oxygen atoms in total. The highest BCUT2D eigenvalue weighted by Crippen LogP contribution is 2.40. The average Bonchev–Trinajstić information content (AvgIpc) is 2.81. The van der Waals surface area contributed by atoms with Crippen LogP contribution in [-0.4, -0.2) is 35.8 Å². The van der Waals surface area contributed by atoms with Crippen molar-refractivity contribution in [2.24, 2.45) is 0 Å². The molecule has 1 amide bonds. The molecule has 25 heavy (non-hydrogen) atoms. The van der Waals surface area contributed by atoms with E-state index in [1.54, 1.807) is 18.2 Å². The smallest absolute Gasteiger partial charge is 0.255 e. The minimum absolute atomic E-state index is 0.0237. The Hall–Kier alpha value is -2.24. The molecule has 4 N–H and O–H groups in total. The van der Waals surface area contributed by atoms with E-state index in [0.717, 1.165) is 23.2 Å². The first-order chi connectivity index (χ1) is 12.0. The van der Waals surface area contributed by atoms with Gasteiger partial charge in [0.2, 0.25) is 0 Å². The molecule has 2 aromatic rings. The second kappa shape index (κ2) is 7.33. The quantitative estimate of drug-likeness (QED) is 0.678.